The molecule has 1 amide bonds. The zero-order valence-electron chi connectivity index (χ0n) is 17.3. The number of nitrogens with zero attached hydrogens (tertiary/aromatic N) is 3. The number of likely N-dealkylation sites (N-methyl/N-ethyl adjacent to an activating group) is 1. The van der Waals surface area contributed by atoms with Gasteiger partial charge in [0.05, 0.1) is 0 Å². The maximum atomic E-state index is 13.2. The molecule has 1 aromatic carbocycles. The lowest BCUT2D eigenvalue weighted by Gasteiger charge is -2.07. The molecule has 0 spiro atoms. The average Bonchev–Trinajstić information content (AvgIpc) is 3.17. The van der Waals surface area contributed by atoms with E-state index >= 15 is 0 Å². The molecule has 0 aliphatic heterocycles. The Morgan fingerprint density at radius 1 is 1.10 bits per heavy atom. The van der Waals surface area contributed by atoms with Crippen molar-refractivity contribution in [3.8, 4) is 22.3 Å². The molecule has 0 radical (unpaired) electrons. The highest BCUT2D eigenvalue weighted by Crippen LogP contribution is 2.31. The summed E-state index contributed by atoms with van der Waals surface area (Å²) in [4.78, 5) is 25.5. The Kier molecular flexibility index (Phi) is 5.86. The number of rotatable bonds is 6. The van der Waals surface area contributed by atoms with Gasteiger partial charge in [0, 0.05) is 59.0 Å². The Morgan fingerprint density at radius 3 is 2.71 bits per heavy atom. The quantitative estimate of drug-likeness (QED) is 0.360. The van der Waals surface area contributed by atoms with Gasteiger partial charge in [-0.15, -0.1) is 0 Å². The van der Waals surface area contributed by atoms with Crippen molar-refractivity contribution in [2.45, 2.75) is 0 Å². The Bertz CT molecular complexity index is 1240. The summed E-state index contributed by atoms with van der Waals surface area (Å²) in [6.45, 7) is 0.696. The van der Waals surface area contributed by atoms with Crippen LogP contribution in [0.4, 0.5) is 10.1 Å². The summed E-state index contributed by atoms with van der Waals surface area (Å²) >= 11 is 0. The minimum absolute atomic E-state index is 0.177. The summed E-state index contributed by atoms with van der Waals surface area (Å²) in [7, 11) is 3.89. The number of fused-ring (bicyclic) bond motifs is 1. The van der Waals surface area contributed by atoms with Gasteiger partial charge in [-0.05, 0) is 50.0 Å². The van der Waals surface area contributed by atoms with Crippen LogP contribution < -0.4 is 5.32 Å². The maximum absolute atomic E-state index is 13.2. The number of hydrogen-bond acceptors (Lipinski definition) is 4. The topological polar surface area (TPSA) is 73.9 Å². The maximum Gasteiger partial charge on any atom is 0.248 e. The highest BCUT2D eigenvalue weighted by atomic mass is 19.1. The molecule has 0 atom stereocenters. The standard InChI is InChI=1S/C24H22FN5O/c1-30(2)10-4-7-23(31)29-19-6-3-5-16(11-19)18-12-20-21(15-28-24(20)27-14-18)17-8-9-22(25)26-13-17/h3-9,11-15H,10H2,1-2H3,(H,27,28)(H,29,31). The van der Waals surface area contributed by atoms with E-state index in [0.29, 0.717) is 12.2 Å². The van der Waals surface area contributed by atoms with Crippen LogP contribution in [-0.4, -0.2) is 46.4 Å². The summed E-state index contributed by atoms with van der Waals surface area (Å²) in [6.07, 6.45) is 8.47. The second-order valence-corrected chi connectivity index (χ2v) is 7.43. The van der Waals surface area contributed by atoms with Crippen LogP contribution >= 0.6 is 0 Å². The first-order valence-electron chi connectivity index (χ1n) is 9.81. The molecule has 6 nitrogen and oxygen atoms in total. The van der Waals surface area contributed by atoms with Gasteiger partial charge >= 0.3 is 0 Å². The minimum atomic E-state index is -0.516. The van der Waals surface area contributed by atoms with Gasteiger partial charge in [-0.3, -0.25) is 4.79 Å². The van der Waals surface area contributed by atoms with Crippen molar-refractivity contribution < 1.29 is 9.18 Å². The molecule has 0 unspecified atom stereocenters. The first kappa shape index (κ1) is 20.4. The number of amides is 1. The first-order chi connectivity index (χ1) is 15.0. The van der Waals surface area contributed by atoms with Crippen LogP contribution in [0.5, 0.6) is 0 Å². The van der Waals surface area contributed by atoms with Gasteiger partial charge in [0.2, 0.25) is 11.9 Å². The van der Waals surface area contributed by atoms with Gasteiger partial charge < -0.3 is 15.2 Å². The molecule has 2 N–H and O–H groups in total. The molecule has 0 saturated carbocycles. The van der Waals surface area contributed by atoms with E-state index in [0.717, 1.165) is 33.3 Å². The van der Waals surface area contributed by atoms with E-state index in [1.54, 1.807) is 12.3 Å². The first-order valence-corrected chi connectivity index (χ1v) is 9.81. The van der Waals surface area contributed by atoms with Crippen LogP contribution in [0.2, 0.25) is 0 Å². The van der Waals surface area contributed by atoms with Crippen molar-refractivity contribution in [3.05, 3.63) is 79.2 Å². The summed E-state index contributed by atoms with van der Waals surface area (Å²) in [5.41, 5.74) is 4.97. The van der Waals surface area contributed by atoms with E-state index in [4.69, 9.17) is 0 Å². The molecular formula is C24H22FN5O. The largest absolute Gasteiger partial charge is 0.346 e. The molecule has 0 saturated heterocycles. The molecule has 156 valence electrons. The molecule has 0 aliphatic rings. The van der Waals surface area contributed by atoms with Crippen LogP contribution in [0, 0.1) is 5.95 Å². The molecule has 0 fully saturated rings. The van der Waals surface area contributed by atoms with Gasteiger partial charge in [0.15, 0.2) is 0 Å². The molecule has 3 aromatic heterocycles. The second-order valence-electron chi connectivity index (χ2n) is 7.43. The third-order valence-corrected chi connectivity index (χ3v) is 4.77. The monoisotopic (exact) mass is 415 g/mol. The number of benzene rings is 1. The molecular weight excluding hydrogens is 393 g/mol. The number of carbonyl (C=O) groups is 1. The summed E-state index contributed by atoms with van der Waals surface area (Å²) in [5.74, 6) is -0.692. The Balaban J connectivity index is 1.61. The van der Waals surface area contributed by atoms with E-state index in [9.17, 15) is 9.18 Å². The lowest BCUT2D eigenvalue weighted by Crippen LogP contribution is -2.12. The number of H-pyrrole nitrogens is 1. The zero-order chi connectivity index (χ0) is 21.8. The smallest absolute Gasteiger partial charge is 0.248 e. The average molecular weight is 415 g/mol. The van der Waals surface area contributed by atoms with Crippen LogP contribution in [-0.2, 0) is 4.79 Å². The molecule has 4 rings (SSSR count). The van der Waals surface area contributed by atoms with E-state index in [1.165, 1.54) is 18.3 Å². The number of hydrogen-bond donors (Lipinski definition) is 2. The van der Waals surface area contributed by atoms with Crippen molar-refractivity contribution in [1.82, 2.24) is 19.9 Å². The zero-order valence-corrected chi connectivity index (χ0v) is 17.3. The molecule has 0 aliphatic carbocycles. The number of carbonyl (C=O) groups excluding carboxylic acids is 1. The fourth-order valence-electron chi connectivity index (χ4n) is 3.27. The number of aromatic amines is 1. The molecule has 31 heavy (non-hydrogen) atoms. The normalized spacial score (nSPS) is 11.5. The summed E-state index contributed by atoms with van der Waals surface area (Å²) in [6, 6.07) is 12.7. The fourth-order valence-corrected chi connectivity index (χ4v) is 3.27. The number of anilines is 1. The predicted octanol–water partition coefficient (Wildman–Crippen LogP) is 4.49. The van der Waals surface area contributed by atoms with Crippen molar-refractivity contribution >= 4 is 22.6 Å². The van der Waals surface area contributed by atoms with E-state index < -0.39 is 5.95 Å². The number of nitrogens with one attached hydrogen (secondary N) is 2. The highest BCUT2D eigenvalue weighted by molar-refractivity contribution is 6.00. The van der Waals surface area contributed by atoms with E-state index in [1.807, 2.05) is 61.6 Å². The van der Waals surface area contributed by atoms with Crippen molar-refractivity contribution in [2.75, 3.05) is 26.0 Å². The van der Waals surface area contributed by atoms with Gasteiger partial charge in [0.1, 0.15) is 5.65 Å². The van der Waals surface area contributed by atoms with Gasteiger partial charge in [-0.25, -0.2) is 9.97 Å². The second kappa shape index (κ2) is 8.89. The summed E-state index contributed by atoms with van der Waals surface area (Å²) < 4.78 is 13.2. The van der Waals surface area contributed by atoms with Crippen LogP contribution in [0.1, 0.15) is 0 Å². The van der Waals surface area contributed by atoms with E-state index in [2.05, 4.69) is 20.3 Å². The van der Waals surface area contributed by atoms with Gasteiger partial charge in [0.25, 0.3) is 0 Å². The highest BCUT2D eigenvalue weighted by Gasteiger charge is 2.10. The van der Waals surface area contributed by atoms with Crippen LogP contribution in [0.15, 0.2) is 73.2 Å². The van der Waals surface area contributed by atoms with Gasteiger partial charge in [-0.1, -0.05) is 18.2 Å². The third-order valence-electron chi connectivity index (χ3n) is 4.77. The van der Waals surface area contributed by atoms with E-state index in [-0.39, 0.29) is 5.91 Å². The number of aromatic nitrogens is 3. The fraction of sp³-hybridized carbons (Fsp3) is 0.125. The molecule has 0 bridgehead atoms. The predicted molar refractivity (Wildman–Crippen MR) is 121 cm³/mol. The minimum Gasteiger partial charge on any atom is -0.346 e. The van der Waals surface area contributed by atoms with Crippen molar-refractivity contribution in [3.63, 3.8) is 0 Å². The van der Waals surface area contributed by atoms with Crippen LogP contribution in [0.3, 0.4) is 0 Å². The Labute approximate surface area is 179 Å². The number of pyridine rings is 2. The molecule has 4 aromatic rings. The Hall–Kier alpha value is -3.84. The Morgan fingerprint density at radius 2 is 1.94 bits per heavy atom. The molecule has 3 heterocycles. The van der Waals surface area contributed by atoms with Gasteiger partial charge in [-0.2, -0.15) is 4.39 Å². The lowest BCUT2D eigenvalue weighted by molar-refractivity contribution is -0.111. The lowest BCUT2D eigenvalue weighted by atomic mass is 10.0. The van der Waals surface area contributed by atoms with Crippen LogP contribution in [0.25, 0.3) is 33.3 Å². The SMILES string of the molecule is CN(C)CC=CC(=O)Nc1cccc(-c2cnc3[nH]cc(-c4ccc(F)nc4)c3c2)c1. The third kappa shape index (κ3) is 4.84. The number of halogens is 1. The molecule has 7 heteroatoms. The summed E-state index contributed by atoms with van der Waals surface area (Å²) in [5, 5.41) is 3.80. The van der Waals surface area contributed by atoms with Crippen molar-refractivity contribution in [1.29, 1.82) is 0 Å². The van der Waals surface area contributed by atoms with Crippen molar-refractivity contribution in [2.24, 2.45) is 0 Å².